The van der Waals surface area contributed by atoms with Crippen LogP contribution < -0.4 is 5.73 Å². The van der Waals surface area contributed by atoms with Crippen molar-refractivity contribution >= 4 is 39.0 Å². The number of nitrogens with zero attached hydrogens (tertiary/aromatic N) is 4. The number of aromatic nitrogens is 4. The third-order valence-corrected chi connectivity index (χ3v) is 6.11. The third-order valence-electron chi connectivity index (χ3n) is 4.60. The molecule has 4 unspecified atom stereocenters. The van der Waals surface area contributed by atoms with Crippen LogP contribution in [0.3, 0.4) is 0 Å². The van der Waals surface area contributed by atoms with Crippen LogP contribution in [0.2, 0.25) is 0 Å². The molecule has 15 heteroatoms. The standard InChI is InChI=1S/C16H23N5O7S2.C2H6O/c1-16(2)25-6-8-10(27-16)11(28-30(3,23)24)14(26-8)21-7-18-9-12(21)19-15(17)20-13(9)29-5-4-22;1-2-3/h7-8,10-11,14,22H,4-6H2,1-3H3,(H2,17,19,20);3H,2H2,1H3. The molecule has 0 aromatic carbocycles. The Labute approximate surface area is 195 Å². The number of ether oxygens (including phenoxy) is 3. The van der Waals surface area contributed by atoms with E-state index in [1.54, 1.807) is 25.3 Å². The molecule has 2 fully saturated rings. The van der Waals surface area contributed by atoms with E-state index in [2.05, 4.69) is 15.0 Å². The Morgan fingerprint density at radius 3 is 2.70 bits per heavy atom. The molecule has 4 atom stereocenters. The summed E-state index contributed by atoms with van der Waals surface area (Å²) in [5.74, 6) is -0.500. The zero-order chi connectivity index (χ0) is 24.4. The summed E-state index contributed by atoms with van der Waals surface area (Å²) in [6.07, 6.45) is -0.688. The van der Waals surface area contributed by atoms with Crippen LogP contribution in [-0.2, 0) is 28.5 Å². The van der Waals surface area contributed by atoms with Gasteiger partial charge in [-0.3, -0.25) is 8.75 Å². The van der Waals surface area contributed by atoms with Crippen molar-refractivity contribution in [1.82, 2.24) is 19.5 Å². The Kier molecular flexibility index (Phi) is 8.16. The van der Waals surface area contributed by atoms with E-state index >= 15 is 0 Å². The Morgan fingerprint density at radius 2 is 2.06 bits per heavy atom. The van der Waals surface area contributed by atoms with Crippen LogP contribution in [0.5, 0.6) is 0 Å². The fraction of sp³-hybridized carbons (Fsp3) is 0.722. The number of rotatable bonds is 6. The second-order valence-corrected chi connectivity index (χ2v) is 10.4. The van der Waals surface area contributed by atoms with Gasteiger partial charge >= 0.3 is 0 Å². The first-order valence-corrected chi connectivity index (χ1v) is 13.0. The van der Waals surface area contributed by atoms with Gasteiger partial charge < -0.3 is 30.2 Å². The fourth-order valence-electron chi connectivity index (χ4n) is 3.49. The number of aliphatic hydroxyl groups excluding tert-OH is 2. The van der Waals surface area contributed by atoms with E-state index in [-0.39, 0.29) is 25.8 Å². The van der Waals surface area contributed by atoms with Gasteiger partial charge in [-0.05, 0) is 20.8 Å². The van der Waals surface area contributed by atoms with Gasteiger partial charge in [0.15, 0.2) is 23.8 Å². The van der Waals surface area contributed by atoms with Crippen molar-refractivity contribution < 1.29 is 37.0 Å². The minimum atomic E-state index is -3.82. The number of thioether (sulfide) groups is 1. The highest BCUT2D eigenvalue weighted by Gasteiger charge is 2.54. The zero-order valence-electron chi connectivity index (χ0n) is 18.7. The van der Waals surface area contributed by atoms with Crippen LogP contribution in [0.15, 0.2) is 11.4 Å². The maximum atomic E-state index is 12.0. The summed E-state index contributed by atoms with van der Waals surface area (Å²) in [5, 5.41) is 17.2. The van der Waals surface area contributed by atoms with Gasteiger partial charge in [0, 0.05) is 12.4 Å². The van der Waals surface area contributed by atoms with Crippen molar-refractivity contribution in [2.75, 3.05) is 37.6 Å². The SMILES string of the molecule is CC1(C)OCC2OC(n3cnc4c(SCCO)nc(N)nc43)C(OS(C)(=O)=O)C2O1.CCO. The number of hydrogen-bond donors (Lipinski definition) is 3. The molecular formula is C18H29N5O8S2. The van der Waals surface area contributed by atoms with Crippen LogP contribution in [-0.4, -0.2) is 94.1 Å². The quantitative estimate of drug-likeness (QED) is 0.268. The van der Waals surface area contributed by atoms with Gasteiger partial charge in [0.25, 0.3) is 10.1 Å². The Bertz CT molecular complexity index is 1060. The Balaban J connectivity index is 0.000000968. The second-order valence-electron chi connectivity index (χ2n) is 7.72. The van der Waals surface area contributed by atoms with Crippen LogP contribution in [0.25, 0.3) is 11.2 Å². The number of aliphatic hydroxyl groups is 2. The minimum absolute atomic E-state index is 0.0152. The molecule has 4 rings (SSSR count). The van der Waals surface area contributed by atoms with Crippen LogP contribution in [0.1, 0.15) is 27.0 Å². The Morgan fingerprint density at radius 1 is 1.36 bits per heavy atom. The van der Waals surface area contributed by atoms with Gasteiger partial charge in [-0.15, -0.1) is 11.8 Å². The lowest BCUT2D eigenvalue weighted by atomic mass is 10.1. The molecule has 0 radical (unpaired) electrons. The topological polar surface area (TPSA) is 181 Å². The van der Waals surface area contributed by atoms with Crippen LogP contribution in [0.4, 0.5) is 5.95 Å². The van der Waals surface area contributed by atoms with Crippen molar-refractivity contribution in [2.24, 2.45) is 0 Å². The van der Waals surface area contributed by atoms with E-state index in [0.717, 1.165) is 6.26 Å². The summed E-state index contributed by atoms with van der Waals surface area (Å²) < 4.78 is 48.5. The summed E-state index contributed by atoms with van der Waals surface area (Å²) >= 11 is 1.28. The van der Waals surface area contributed by atoms with Gasteiger partial charge in [-0.2, -0.15) is 13.4 Å². The van der Waals surface area contributed by atoms with Crippen LogP contribution in [0, 0.1) is 0 Å². The molecule has 2 saturated heterocycles. The van der Waals surface area contributed by atoms with E-state index < -0.39 is 40.4 Å². The summed E-state index contributed by atoms with van der Waals surface area (Å²) in [7, 11) is -3.82. The number of nitrogen functional groups attached to an aromatic ring is 1. The molecule has 0 spiro atoms. The summed E-state index contributed by atoms with van der Waals surface area (Å²) in [6.45, 7) is 5.57. The van der Waals surface area contributed by atoms with Crippen molar-refractivity contribution in [3.8, 4) is 0 Å². The second kappa shape index (κ2) is 10.4. The molecule has 0 amide bonds. The third kappa shape index (κ3) is 6.10. The van der Waals surface area contributed by atoms with E-state index in [1.807, 2.05) is 0 Å². The minimum Gasteiger partial charge on any atom is -0.397 e. The van der Waals surface area contributed by atoms with Gasteiger partial charge in [0.2, 0.25) is 5.95 Å². The van der Waals surface area contributed by atoms with Gasteiger partial charge in [-0.1, -0.05) is 0 Å². The molecule has 13 nitrogen and oxygen atoms in total. The predicted molar refractivity (Wildman–Crippen MR) is 119 cm³/mol. The lowest BCUT2D eigenvalue weighted by molar-refractivity contribution is -0.299. The molecule has 33 heavy (non-hydrogen) atoms. The molecule has 0 saturated carbocycles. The molecule has 2 aliphatic heterocycles. The first kappa shape index (κ1) is 26.0. The molecule has 2 aromatic heterocycles. The highest BCUT2D eigenvalue weighted by Crippen LogP contribution is 2.41. The zero-order valence-corrected chi connectivity index (χ0v) is 20.4. The first-order valence-electron chi connectivity index (χ1n) is 10.2. The number of anilines is 1. The van der Waals surface area contributed by atoms with Crippen molar-refractivity contribution in [2.45, 2.75) is 56.1 Å². The lowest BCUT2D eigenvalue weighted by Gasteiger charge is -2.38. The highest BCUT2D eigenvalue weighted by atomic mass is 32.2. The molecule has 0 bridgehead atoms. The van der Waals surface area contributed by atoms with E-state index in [0.29, 0.717) is 21.9 Å². The normalized spacial score (nSPS) is 26.6. The number of hydrogen-bond acceptors (Lipinski definition) is 13. The van der Waals surface area contributed by atoms with E-state index in [4.69, 9.17) is 34.3 Å². The molecule has 0 aliphatic carbocycles. The predicted octanol–water partition coefficient (Wildman–Crippen LogP) is -0.115. The van der Waals surface area contributed by atoms with E-state index in [9.17, 15) is 8.42 Å². The highest BCUT2D eigenvalue weighted by molar-refractivity contribution is 7.99. The van der Waals surface area contributed by atoms with Gasteiger partial charge in [-0.25, -0.2) is 9.97 Å². The van der Waals surface area contributed by atoms with Crippen molar-refractivity contribution in [3.05, 3.63) is 6.33 Å². The van der Waals surface area contributed by atoms with Crippen molar-refractivity contribution in [1.29, 1.82) is 0 Å². The summed E-state index contributed by atoms with van der Waals surface area (Å²) in [6, 6.07) is 0. The Hall–Kier alpha value is -1.59. The largest absolute Gasteiger partial charge is 0.397 e. The average Bonchev–Trinajstić information content (AvgIpc) is 3.26. The molecule has 4 heterocycles. The van der Waals surface area contributed by atoms with Crippen molar-refractivity contribution in [3.63, 3.8) is 0 Å². The average molecular weight is 508 g/mol. The molecule has 186 valence electrons. The fourth-order valence-corrected chi connectivity index (χ4v) is 4.82. The van der Waals surface area contributed by atoms with Crippen LogP contribution >= 0.6 is 11.8 Å². The van der Waals surface area contributed by atoms with Gasteiger partial charge in [0.05, 0.1) is 25.8 Å². The molecular weight excluding hydrogens is 478 g/mol. The maximum Gasteiger partial charge on any atom is 0.264 e. The maximum absolute atomic E-state index is 12.0. The smallest absolute Gasteiger partial charge is 0.264 e. The molecule has 4 N–H and O–H groups in total. The number of fused-ring (bicyclic) bond motifs is 2. The molecule has 2 aliphatic rings. The summed E-state index contributed by atoms with van der Waals surface area (Å²) in [4.78, 5) is 12.8. The number of nitrogens with two attached hydrogens (primary N) is 1. The van der Waals surface area contributed by atoms with Gasteiger partial charge in [0.1, 0.15) is 22.8 Å². The number of imidazole rings is 1. The summed E-state index contributed by atoms with van der Waals surface area (Å²) in [5.41, 5.74) is 6.67. The lowest BCUT2D eigenvalue weighted by Crippen LogP contribution is -2.50. The first-order chi connectivity index (χ1) is 15.5. The van der Waals surface area contributed by atoms with E-state index in [1.165, 1.54) is 18.1 Å². The monoisotopic (exact) mass is 507 g/mol. The molecule has 2 aromatic rings.